The molecule has 0 radical (unpaired) electrons. The summed E-state index contributed by atoms with van der Waals surface area (Å²) < 4.78 is 24.5. The standard InChI is InChI=1S/C8H9BrClNO2S/c9-6-14(12,13)11-5-7-3-1-2-4-8(7)10/h1-4,11H,5-6H2. The zero-order chi connectivity index (χ0) is 10.6. The summed E-state index contributed by atoms with van der Waals surface area (Å²) in [6, 6.07) is 7.10. The van der Waals surface area contributed by atoms with E-state index < -0.39 is 10.0 Å². The fourth-order valence-corrected chi connectivity index (χ4v) is 2.01. The Hall–Kier alpha value is -0.100. The molecular formula is C8H9BrClNO2S. The largest absolute Gasteiger partial charge is 0.221 e. The van der Waals surface area contributed by atoms with Crippen LogP contribution in [0.2, 0.25) is 5.02 Å². The molecular weight excluding hydrogens is 290 g/mol. The summed E-state index contributed by atoms with van der Waals surface area (Å²) in [7, 11) is -3.23. The second-order valence-corrected chi connectivity index (χ2v) is 6.15. The summed E-state index contributed by atoms with van der Waals surface area (Å²) in [4.78, 5) is 0. The van der Waals surface area contributed by atoms with E-state index in [4.69, 9.17) is 11.6 Å². The summed E-state index contributed by atoms with van der Waals surface area (Å²) in [5.41, 5.74) is 0.763. The molecule has 0 saturated carbocycles. The summed E-state index contributed by atoms with van der Waals surface area (Å²) in [5.74, 6) is 0. The first-order chi connectivity index (χ1) is 6.55. The SMILES string of the molecule is O=S(=O)(CBr)NCc1ccccc1Cl. The van der Waals surface area contributed by atoms with Crippen LogP contribution in [-0.2, 0) is 16.6 Å². The smallest absolute Gasteiger partial charge is 0.212 e. The number of rotatable bonds is 4. The van der Waals surface area contributed by atoms with Crippen LogP contribution >= 0.6 is 27.5 Å². The van der Waals surface area contributed by atoms with E-state index >= 15 is 0 Å². The molecule has 6 heteroatoms. The maximum absolute atomic E-state index is 11.1. The third kappa shape index (κ3) is 3.57. The Kier molecular flexibility index (Phi) is 4.37. The number of sulfonamides is 1. The molecule has 1 rings (SSSR count). The molecule has 14 heavy (non-hydrogen) atoms. The Labute approximate surface area is 96.6 Å². The van der Waals surface area contributed by atoms with Gasteiger partial charge in [-0.25, -0.2) is 13.1 Å². The van der Waals surface area contributed by atoms with Crippen LogP contribution in [0.15, 0.2) is 24.3 Å². The summed E-state index contributed by atoms with van der Waals surface area (Å²) >= 11 is 8.73. The molecule has 0 aliphatic carbocycles. The van der Waals surface area contributed by atoms with Crippen molar-refractivity contribution < 1.29 is 8.42 Å². The van der Waals surface area contributed by atoms with Crippen molar-refractivity contribution in [3.8, 4) is 0 Å². The van der Waals surface area contributed by atoms with E-state index in [0.717, 1.165) is 5.56 Å². The van der Waals surface area contributed by atoms with Crippen molar-refractivity contribution in [2.45, 2.75) is 6.54 Å². The van der Waals surface area contributed by atoms with Gasteiger partial charge >= 0.3 is 0 Å². The first-order valence-electron chi connectivity index (χ1n) is 3.82. The maximum Gasteiger partial charge on any atom is 0.221 e. The summed E-state index contributed by atoms with van der Waals surface area (Å²) in [6.07, 6.45) is 0. The van der Waals surface area contributed by atoms with Crippen molar-refractivity contribution in [3.63, 3.8) is 0 Å². The van der Waals surface area contributed by atoms with Gasteiger partial charge < -0.3 is 0 Å². The van der Waals surface area contributed by atoms with E-state index in [-0.39, 0.29) is 11.2 Å². The maximum atomic E-state index is 11.1. The predicted molar refractivity (Wildman–Crippen MR) is 61.0 cm³/mol. The van der Waals surface area contributed by atoms with Gasteiger partial charge in [0.1, 0.15) is 4.66 Å². The summed E-state index contributed by atoms with van der Waals surface area (Å²) in [6.45, 7) is 0.216. The molecule has 0 saturated heterocycles. The first-order valence-corrected chi connectivity index (χ1v) is 6.97. The molecule has 0 heterocycles. The van der Waals surface area contributed by atoms with Crippen LogP contribution in [-0.4, -0.2) is 13.1 Å². The molecule has 0 amide bonds. The molecule has 3 nitrogen and oxygen atoms in total. The van der Waals surface area contributed by atoms with Crippen molar-refractivity contribution in [2.75, 3.05) is 4.66 Å². The third-order valence-corrected chi connectivity index (χ3v) is 4.63. The van der Waals surface area contributed by atoms with Crippen LogP contribution < -0.4 is 4.72 Å². The van der Waals surface area contributed by atoms with Crippen molar-refractivity contribution >= 4 is 37.6 Å². The van der Waals surface area contributed by atoms with Crippen molar-refractivity contribution in [2.24, 2.45) is 0 Å². The Morgan fingerprint density at radius 3 is 2.57 bits per heavy atom. The van der Waals surface area contributed by atoms with Gasteiger partial charge in [-0.1, -0.05) is 45.7 Å². The van der Waals surface area contributed by atoms with E-state index in [2.05, 4.69) is 20.7 Å². The highest BCUT2D eigenvalue weighted by molar-refractivity contribution is 9.10. The number of alkyl halides is 1. The van der Waals surface area contributed by atoms with Gasteiger partial charge in [0.25, 0.3) is 0 Å². The van der Waals surface area contributed by atoms with Crippen molar-refractivity contribution in [1.82, 2.24) is 4.72 Å². The van der Waals surface area contributed by atoms with Crippen LogP contribution in [0.4, 0.5) is 0 Å². The first kappa shape index (κ1) is 12.0. The van der Waals surface area contributed by atoms with Crippen LogP contribution in [0, 0.1) is 0 Å². The molecule has 0 unspecified atom stereocenters. The van der Waals surface area contributed by atoms with Gasteiger partial charge in [0.15, 0.2) is 0 Å². The number of benzene rings is 1. The number of hydrogen-bond donors (Lipinski definition) is 1. The topological polar surface area (TPSA) is 46.2 Å². The normalized spacial score (nSPS) is 11.6. The molecule has 1 aromatic carbocycles. The lowest BCUT2D eigenvalue weighted by Gasteiger charge is -2.05. The third-order valence-electron chi connectivity index (χ3n) is 1.58. The number of halogens is 2. The van der Waals surface area contributed by atoms with Gasteiger partial charge in [-0.15, -0.1) is 0 Å². The monoisotopic (exact) mass is 297 g/mol. The fourth-order valence-electron chi connectivity index (χ4n) is 0.868. The second kappa shape index (κ2) is 5.11. The Morgan fingerprint density at radius 2 is 2.00 bits per heavy atom. The molecule has 78 valence electrons. The molecule has 0 spiro atoms. The van der Waals surface area contributed by atoms with E-state index in [1.54, 1.807) is 18.2 Å². The molecule has 0 aliphatic rings. The molecule has 0 bridgehead atoms. The van der Waals surface area contributed by atoms with Gasteiger partial charge in [-0.3, -0.25) is 0 Å². The summed E-state index contributed by atoms with van der Waals surface area (Å²) in [5, 5.41) is 0.560. The van der Waals surface area contributed by atoms with Gasteiger partial charge in [-0.2, -0.15) is 0 Å². The van der Waals surface area contributed by atoms with E-state index in [1.165, 1.54) is 0 Å². The van der Waals surface area contributed by atoms with Gasteiger partial charge in [0, 0.05) is 11.6 Å². The Morgan fingerprint density at radius 1 is 1.36 bits per heavy atom. The highest BCUT2D eigenvalue weighted by Gasteiger charge is 2.07. The second-order valence-electron chi connectivity index (χ2n) is 2.64. The Balaban J connectivity index is 2.68. The average Bonchev–Trinajstić information content (AvgIpc) is 2.17. The highest BCUT2D eigenvalue weighted by Crippen LogP contribution is 2.14. The zero-order valence-electron chi connectivity index (χ0n) is 7.20. The minimum absolute atomic E-state index is 0.107. The van der Waals surface area contributed by atoms with E-state index in [9.17, 15) is 8.42 Å². The average molecular weight is 299 g/mol. The highest BCUT2D eigenvalue weighted by atomic mass is 79.9. The van der Waals surface area contributed by atoms with E-state index in [1.807, 2.05) is 6.07 Å². The van der Waals surface area contributed by atoms with Crippen molar-refractivity contribution in [1.29, 1.82) is 0 Å². The van der Waals surface area contributed by atoms with Crippen LogP contribution in [0.3, 0.4) is 0 Å². The lowest BCUT2D eigenvalue weighted by molar-refractivity contribution is 0.586. The molecule has 0 fully saturated rings. The van der Waals surface area contributed by atoms with E-state index in [0.29, 0.717) is 5.02 Å². The van der Waals surface area contributed by atoms with Crippen LogP contribution in [0.5, 0.6) is 0 Å². The number of nitrogens with one attached hydrogen (secondary N) is 1. The molecule has 0 aliphatic heterocycles. The van der Waals surface area contributed by atoms with Crippen LogP contribution in [0.1, 0.15) is 5.56 Å². The fraction of sp³-hybridized carbons (Fsp3) is 0.250. The van der Waals surface area contributed by atoms with Gasteiger partial charge in [0.2, 0.25) is 10.0 Å². The van der Waals surface area contributed by atoms with Gasteiger partial charge in [-0.05, 0) is 11.6 Å². The molecule has 0 atom stereocenters. The van der Waals surface area contributed by atoms with Crippen molar-refractivity contribution in [3.05, 3.63) is 34.9 Å². The quantitative estimate of drug-likeness (QED) is 0.866. The minimum Gasteiger partial charge on any atom is -0.212 e. The molecule has 1 aromatic rings. The minimum atomic E-state index is -3.23. The van der Waals surface area contributed by atoms with Gasteiger partial charge in [0.05, 0.1) is 0 Å². The zero-order valence-corrected chi connectivity index (χ0v) is 10.4. The predicted octanol–water partition coefficient (Wildman–Crippen LogP) is 2.11. The number of hydrogen-bond acceptors (Lipinski definition) is 2. The molecule has 1 N–H and O–H groups in total. The van der Waals surface area contributed by atoms with Crippen LogP contribution in [0.25, 0.3) is 0 Å². The lowest BCUT2D eigenvalue weighted by Crippen LogP contribution is -2.23. The Bertz CT molecular complexity index is 408. The lowest BCUT2D eigenvalue weighted by atomic mass is 10.2. The molecule has 0 aromatic heterocycles.